The zero-order chi connectivity index (χ0) is 43.3. The molecule has 0 aliphatic carbocycles. The van der Waals surface area contributed by atoms with Crippen LogP contribution >= 0.6 is 0 Å². The standard InChI is InChI=1S/C45H56N8O8/c1-22(2)37(50-44(56)59-7)43(55)53-24(4)9-14-34(53)41-47-32-13-11-26-17-31-29-12-10-27(16-28(29)21-61-36(31)18-30(26)39(32)49-41)33-19-46-40(48-33)35-15-23(3)20-52(35)42(54)38(25(5)58-6)51-45(57)60-8/h10-13,16-19,22-25,34-35,37-38,43,55H,9,14-15,20-21H2,1-8H3,(H,46,48)(H,47,49)(H,50,56)(H,51,57)/t23-,24-,25+,34-,35?,37?,38?,43?/m0/s1. The molecule has 3 aliphatic heterocycles. The van der Waals surface area contributed by atoms with Gasteiger partial charge in [0, 0.05) is 30.6 Å². The van der Waals surface area contributed by atoms with Crippen molar-refractivity contribution in [2.45, 2.75) is 103 Å². The summed E-state index contributed by atoms with van der Waals surface area (Å²) in [4.78, 5) is 59.0. The van der Waals surface area contributed by atoms with Gasteiger partial charge in [0.05, 0.1) is 61.4 Å². The van der Waals surface area contributed by atoms with Crippen molar-refractivity contribution in [1.29, 1.82) is 0 Å². The van der Waals surface area contributed by atoms with E-state index in [9.17, 15) is 19.5 Å². The molecule has 2 aromatic heterocycles. The molecular weight excluding hydrogens is 781 g/mol. The molecule has 0 bridgehead atoms. The number of hydrogen-bond donors (Lipinski definition) is 5. The number of amides is 3. The van der Waals surface area contributed by atoms with Crippen LogP contribution in [0.15, 0.2) is 48.7 Å². The summed E-state index contributed by atoms with van der Waals surface area (Å²) in [5, 5.41) is 19.2. The van der Waals surface area contributed by atoms with Crippen molar-refractivity contribution in [2.75, 3.05) is 27.9 Å². The van der Waals surface area contributed by atoms with Gasteiger partial charge in [0.2, 0.25) is 5.91 Å². The van der Waals surface area contributed by atoms with E-state index < -0.39 is 36.6 Å². The molecule has 0 saturated carbocycles. The monoisotopic (exact) mass is 836 g/mol. The van der Waals surface area contributed by atoms with Crippen LogP contribution in [0.3, 0.4) is 0 Å². The number of likely N-dealkylation sites (tertiary alicyclic amines) is 2. The second-order valence-electron chi connectivity index (χ2n) is 17.1. The summed E-state index contributed by atoms with van der Waals surface area (Å²) in [5.74, 6) is 2.15. The molecule has 3 aliphatic rings. The number of aromatic nitrogens is 4. The number of alkyl carbamates (subject to hydrolysis) is 2. The molecule has 324 valence electrons. The first-order chi connectivity index (χ1) is 29.3. The molecule has 3 aromatic carbocycles. The lowest BCUT2D eigenvalue weighted by molar-refractivity contribution is -0.137. The molecule has 5 N–H and O–H groups in total. The number of H-pyrrole nitrogens is 2. The second kappa shape index (κ2) is 17.0. The Kier molecular flexibility index (Phi) is 11.7. The van der Waals surface area contributed by atoms with Crippen molar-refractivity contribution in [3.05, 3.63) is 65.9 Å². The van der Waals surface area contributed by atoms with Crippen molar-refractivity contribution in [3.63, 3.8) is 0 Å². The minimum Gasteiger partial charge on any atom is -0.488 e. The smallest absolute Gasteiger partial charge is 0.407 e. The molecule has 8 rings (SSSR count). The van der Waals surface area contributed by atoms with Crippen LogP contribution in [-0.2, 0) is 25.6 Å². The first kappa shape index (κ1) is 42.0. The summed E-state index contributed by atoms with van der Waals surface area (Å²) in [6, 6.07) is 12.8. The van der Waals surface area contributed by atoms with Crippen molar-refractivity contribution in [3.8, 4) is 28.1 Å². The molecule has 16 heteroatoms. The number of aliphatic hydroxyl groups excluding tert-OH is 1. The average Bonchev–Trinajstić information content (AvgIpc) is 4.08. The SMILES string of the molecule is COC(=O)NC(C(C)C)C(O)N1[C@@H](C)CC[C@H]1c1nc2c(ccc3cc4c(cc32)OCc2cc(-c3cnc(C5C[C@H](C)CN5C(=O)C(NC(=O)OC)[C@@H](C)OC)[nH]3)ccc2-4)[nH]1. The third kappa shape index (κ3) is 7.88. The minimum atomic E-state index is -0.943. The lowest BCUT2D eigenvalue weighted by Crippen LogP contribution is -2.55. The third-order valence-corrected chi connectivity index (χ3v) is 12.8. The van der Waals surface area contributed by atoms with Crippen LogP contribution in [0.2, 0.25) is 0 Å². The normalized spacial score (nSPS) is 22.0. The highest BCUT2D eigenvalue weighted by Gasteiger charge is 2.43. The van der Waals surface area contributed by atoms with Crippen molar-refractivity contribution in [1.82, 2.24) is 40.4 Å². The van der Waals surface area contributed by atoms with Crippen molar-refractivity contribution < 1.29 is 38.4 Å². The number of methoxy groups -OCH3 is 3. The van der Waals surface area contributed by atoms with Gasteiger partial charge in [0.15, 0.2) is 0 Å². The average molecular weight is 837 g/mol. The Hall–Kier alpha value is -5.71. The van der Waals surface area contributed by atoms with E-state index in [1.54, 1.807) is 18.0 Å². The van der Waals surface area contributed by atoms with Gasteiger partial charge >= 0.3 is 12.2 Å². The summed E-state index contributed by atoms with van der Waals surface area (Å²) in [6.45, 7) is 10.8. The van der Waals surface area contributed by atoms with Gasteiger partial charge in [-0.3, -0.25) is 9.69 Å². The molecule has 4 unspecified atom stereocenters. The number of aliphatic hydroxyl groups is 1. The number of hydrogen-bond acceptors (Lipinski definition) is 11. The summed E-state index contributed by atoms with van der Waals surface area (Å²) in [6.07, 6.45) is 1.41. The molecule has 16 nitrogen and oxygen atoms in total. The van der Waals surface area contributed by atoms with E-state index in [2.05, 4.69) is 75.7 Å². The molecule has 2 saturated heterocycles. The van der Waals surface area contributed by atoms with Crippen molar-refractivity contribution in [2.24, 2.45) is 11.8 Å². The van der Waals surface area contributed by atoms with Gasteiger partial charge in [-0.05, 0) is 91.3 Å². The predicted molar refractivity (Wildman–Crippen MR) is 228 cm³/mol. The first-order valence-corrected chi connectivity index (χ1v) is 21.1. The Morgan fingerprint density at radius 1 is 0.918 bits per heavy atom. The number of fused-ring (bicyclic) bond motifs is 6. The Labute approximate surface area is 354 Å². The molecule has 5 heterocycles. The summed E-state index contributed by atoms with van der Waals surface area (Å²) < 4.78 is 21.5. The highest BCUT2D eigenvalue weighted by atomic mass is 16.5. The van der Waals surface area contributed by atoms with Gasteiger partial charge in [-0.15, -0.1) is 0 Å². The van der Waals surface area contributed by atoms with Crippen molar-refractivity contribution >= 4 is 39.9 Å². The van der Waals surface area contributed by atoms with E-state index in [4.69, 9.17) is 28.9 Å². The largest absolute Gasteiger partial charge is 0.488 e. The van der Waals surface area contributed by atoms with Crippen LogP contribution in [0.5, 0.6) is 5.75 Å². The van der Waals surface area contributed by atoms with Crippen LogP contribution in [0.4, 0.5) is 9.59 Å². The predicted octanol–water partition coefficient (Wildman–Crippen LogP) is 6.56. The fourth-order valence-corrected chi connectivity index (χ4v) is 9.41. The molecule has 0 radical (unpaired) electrons. The van der Waals surface area contributed by atoms with E-state index in [0.29, 0.717) is 19.0 Å². The number of aromatic amines is 2. The van der Waals surface area contributed by atoms with Gasteiger partial charge in [0.25, 0.3) is 0 Å². The maximum absolute atomic E-state index is 13.9. The maximum Gasteiger partial charge on any atom is 0.407 e. The lowest BCUT2D eigenvalue weighted by atomic mass is 9.92. The lowest BCUT2D eigenvalue weighted by Gasteiger charge is -2.38. The fourth-order valence-electron chi connectivity index (χ4n) is 9.41. The Balaban J connectivity index is 1.04. The molecule has 61 heavy (non-hydrogen) atoms. The number of nitrogens with one attached hydrogen (secondary N) is 4. The second-order valence-corrected chi connectivity index (χ2v) is 17.1. The van der Waals surface area contributed by atoms with Gasteiger partial charge in [-0.25, -0.2) is 19.6 Å². The van der Waals surface area contributed by atoms with Gasteiger partial charge in [0.1, 0.15) is 36.3 Å². The van der Waals surface area contributed by atoms with E-state index >= 15 is 0 Å². The number of imidazole rings is 2. The van der Waals surface area contributed by atoms with Crippen LogP contribution in [0.1, 0.15) is 83.2 Å². The van der Waals surface area contributed by atoms with Gasteiger partial charge < -0.3 is 49.6 Å². The number of carbonyl (C=O) groups is 3. The Morgan fingerprint density at radius 3 is 2.43 bits per heavy atom. The van der Waals surface area contributed by atoms with Gasteiger partial charge in [-0.1, -0.05) is 39.0 Å². The van der Waals surface area contributed by atoms with E-state index in [1.807, 2.05) is 19.9 Å². The molecule has 5 aromatic rings. The zero-order valence-corrected chi connectivity index (χ0v) is 35.9. The van der Waals surface area contributed by atoms with Gasteiger partial charge in [-0.2, -0.15) is 0 Å². The fraction of sp³-hybridized carbons (Fsp3) is 0.489. The molecule has 0 spiro atoms. The third-order valence-electron chi connectivity index (χ3n) is 12.8. The first-order valence-electron chi connectivity index (χ1n) is 21.1. The summed E-state index contributed by atoms with van der Waals surface area (Å²) >= 11 is 0. The van der Waals surface area contributed by atoms with Crippen LogP contribution in [0, 0.1) is 11.8 Å². The topological polar surface area (TPSA) is 196 Å². The van der Waals surface area contributed by atoms with Crippen LogP contribution in [-0.4, -0.2) is 111 Å². The highest BCUT2D eigenvalue weighted by molar-refractivity contribution is 6.07. The number of nitrogens with zero attached hydrogens (tertiary/aromatic N) is 4. The molecule has 2 fully saturated rings. The number of carbonyl (C=O) groups excluding carboxylic acids is 3. The minimum absolute atomic E-state index is 0.0387. The maximum atomic E-state index is 13.9. The Bertz CT molecular complexity index is 2450. The number of ether oxygens (including phenoxy) is 4. The molecule has 8 atom stereocenters. The molecular formula is C45H56N8O8. The summed E-state index contributed by atoms with van der Waals surface area (Å²) in [7, 11) is 4.09. The number of benzene rings is 3. The van der Waals surface area contributed by atoms with Crippen LogP contribution < -0.4 is 15.4 Å². The van der Waals surface area contributed by atoms with E-state index in [-0.39, 0.29) is 35.9 Å². The van der Waals surface area contributed by atoms with E-state index in [0.717, 1.165) is 80.6 Å². The Morgan fingerprint density at radius 2 is 1.69 bits per heavy atom. The zero-order valence-electron chi connectivity index (χ0n) is 35.9. The highest BCUT2D eigenvalue weighted by Crippen LogP contribution is 2.44. The number of rotatable bonds is 11. The molecule has 3 amide bonds. The van der Waals surface area contributed by atoms with E-state index in [1.165, 1.54) is 21.3 Å². The summed E-state index contributed by atoms with van der Waals surface area (Å²) in [5.41, 5.74) is 6.60. The van der Waals surface area contributed by atoms with Crippen LogP contribution in [0.25, 0.3) is 44.2 Å². The quantitative estimate of drug-likeness (QED) is 0.0967.